The van der Waals surface area contributed by atoms with Gasteiger partial charge in [0.05, 0.1) is 0 Å². The van der Waals surface area contributed by atoms with Crippen LogP contribution in [-0.2, 0) is 6.42 Å². The normalized spacial score (nSPS) is 13.3. The molecule has 22 heavy (non-hydrogen) atoms. The van der Waals surface area contributed by atoms with E-state index < -0.39 is 0 Å². The molecule has 0 nitrogen and oxygen atoms in total. The van der Waals surface area contributed by atoms with E-state index in [2.05, 4.69) is 39.8 Å². The number of halogens is 1. The van der Waals surface area contributed by atoms with E-state index in [1.165, 1.54) is 12.0 Å². The molecule has 0 N–H and O–H groups in total. The first-order valence-electron chi connectivity index (χ1n) is 8.72. The predicted octanol–water partition coefficient (Wildman–Crippen LogP) is 7.36. The summed E-state index contributed by atoms with van der Waals surface area (Å²) < 4.78 is 13.7. The Hall–Kier alpha value is -1.37. The molecule has 0 unspecified atom stereocenters. The Balaban J connectivity index is 0.000000789. The van der Waals surface area contributed by atoms with Gasteiger partial charge in [0.2, 0.25) is 0 Å². The molecule has 1 aromatic carbocycles. The fourth-order valence-electron chi connectivity index (χ4n) is 2.18. The second-order valence-electron chi connectivity index (χ2n) is 5.76. The number of hydrogen-bond acceptors (Lipinski definition) is 0. The van der Waals surface area contributed by atoms with Gasteiger partial charge in [-0.3, -0.25) is 0 Å². The summed E-state index contributed by atoms with van der Waals surface area (Å²) in [5, 5.41) is 0. The number of benzene rings is 1. The quantitative estimate of drug-likeness (QED) is 0.547. The summed E-state index contributed by atoms with van der Waals surface area (Å²) in [6, 6.07) is 8.28. The Morgan fingerprint density at radius 3 is 2.05 bits per heavy atom. The Morgan fingerprint density at radius 1 is 1.05 bits per heavy atom. The average molecular weight is 304 g/mol. The molecule has 0 aliphatic heterocycles. The van der Waals surface area contributed by atoms with Gasteiger partial charge >= 0.3 is 0 Å². The van der Waals surface area contributed by atoms with Crippen LogP contribution < -0.4 is 0 Å². The van der Waals surface area contributed by atoms with Crippen LogP contribution in [0.3, 0.4) is 0 Å². The van der Waals surface area contributed by atoms with Gasteiger partial charge in [0.15, 0.2) is 0 Å². The highest BCUT2D eigenvalue weighted by molar-refractivity contribution is 5.76. The van der Waals surface area contributed by atoms with E-state index in [4.69, 9.17) is 0 Å². The molecule has 0 spiro atoms. The highest BCUT2D eigenvalue weighted by atomic mass is 19.1. The molecule has 0 saturated carbocycles. The molecule has 0 radical (unpaired) electrons. The lowest BCUT2D eigenvalue weighted by Gasteiger charge is -2.11. The van der Waals surface area contributed by atoms with E-state index in [0.29, 0.717) is 12.3 Å². The molecular weight excluding hydrogens is 271 g/mol. The standard InChI is InChI=1S/C16H19F.C3H8.C2H6/c1-12(2)11-13-7-9-14(10-8-13)15-5-3-4-6-16(15)17;1-3-2;1-2/h3,5,7-10,12H,4,6,11H2,1-2H3;3H2,1-2H3;1-2H3. The van der Waals surface area contributed by atoms with Gasteiger partial charge in [-0.2, -0.15) is 0 Å². The van der Waals surface area contributed by atoms with Crippen molar-refractivity contribution in [3.63, 3.8) is 0 Å². The Morgan fingerprint density at radius 2 is 1.59 bits per heavy atom. The van der Waals surface area contributed by atoms with Crippen LogP contribution in [0.1, 0.15) is 71.9 Å². The predicted molar refractivity (Wildman–Crippen MR) is 98.7 cm³/mol. The largest absolute Gasteiger partial charge is 0.211 e. The van der Waals surface area contributed by atoms with Crippen molar-refractivity contribution < 1.29 is 4.39 Å². The van der Waals surface area contributed by atoms with Crippen molar-refractivity contribution in [2.24, 2.45) is 5.92 Å². The minimum Gasteiger partial charge on any atom is -0.211 e. The summed E-state index contributed by atoms with van der Waals surface area (Å²) in [7, 11) is 0. The third-order valence-corrected chi connectivity index (χ3v) is 3.02. The van der Waals surface area contributed by atoms with Crippen molar-refractivity contribution in [1.82, 2.24) is 0 Å². The summed E-state index contributed by atoms with van der Waals surface area (Å²) in [6.07, 6.45) is 7.63. The lowest BCUT2D eigenvalue weighted by molar-refractivity contribution is 0.592. The molecule has 124 valence electrons. The number of hydrogen-bond donors (Lipinski definition) is 0. The van der Waals surface area contributed by atoms with E-state index in [-0.39, 0.29) is 5.83 Å². The van der Waals surface area contributed by atoms with Gasteiger partial charge in [-0.1, -0.05) is 84.4 Å². The van der Waals surface area contributed by atoms with Gasteiger partial charge in [-0.05, 0) is 29.9 Å². The zero-order valence-electron chi connectivity index (χ0n) is 15.2. The van der Waals surface area contributed by atoms with E-state index >= 15 is 0 Å². The van der Waals surface area contributed by atoms with Crippen molar-refractivity contribution in [1.29, 1.82) is 0 Å². The van der Waals surface area contributed by atoms with Gasteiger partial charge in [0, 0.05) is 12.0 Å². The highest BCUT2D eigenvalue weighted by Crippen LogP contribution is 2.28. The summed E-state index contributed by atoms with van der Waals surface area (Å²) in [4.78, 5) is 0. The first-order valence-corrected chi connectivity index (χ1v) is 8.72. The Bertz CT molecular complexity index is 449. The van der Waals surface area contributed by atoms with E-state index in [9.17, 15) is 4.39 Å². The number of rotatable bonds is 3. The van der Waals surface area contributed by atoms with Crippen molar-refractivity contribution in [3.05, 3.63) is 53.4 Å². The first-order chi connectivity index (χ1) is 10.6. The maximum absolute atomic E-state index is 13.7. The molecule has 0 fully saturated rings. The maximum atomic E-state index is 13.7. The lowest BCUT2D eigenvalue weighted by Crippen LogP contribution is -1.95. The smallest absolute Gasteiger partial charge is 0.108 e. The third kappa shape index (κ3) is 7.59. The summed E-state index contributed by atoms with van der Waals surface area (Å²) in [6.45, 7) is 12.7. The van der Waals surface area contributed by atoms with Crippen molar-refractivity contribution in [2.45, 2.75) is 67.2 Å². The molecular formula is C21H33F. The van der Waals surface area contributed by atoms with Crippen LogP contribution in [0.4, 0.5) is 4.39 Å². The van der Waals surface area contributed by atoms with E-state index in [0.717, 1.165) is 24.0 Å². The molecule has 0 saturated heterocycles. The maximum Gasteiger partial charge on any atom is 0.108 e. The second kappa shape index (κ2) is 12.2. The van der Waals surface area contributed by atoms with Gasteiger partial charge in [-0.25, -0.2) is 4.39 Å². The fourth-order valence-corrected chi connectivity index (χ4v) is 2.18. The van der Waals surface area contributed by atoms with Crippen LogP contribution >= 0.6 is 0 Å². The highest BCUT2D eigenvalue weighted by Gasteiger charge is 2.09. The molecule has 0 aromatic heterocycles. The minimum absolute atomic E-state index is 0.0177. The van der Waals surface area contributed by atoms with Crippen LogP contribution in [0.25, 0.3) is 5.57 Å². The van der Waals surface area contributed by atoms with Crippen molar-refractivity contribution in [2.75, 3.05) is 0 Å². The van der Waals surface area contributed by atoms with E-state index in [1.807, 2.05) is 38.1 Å². The third-order valence-electron chi connectivity index (χ3n) is 3.02. The fraction of sp³-hybridized carbons (Fsp3) is 0.524. The first kappa shape index (κ1) is 20.6. The lowest BCUT2D eigenvalue weighted by atomic mass is 9.96. The average Bonchev–Trinajstić information content (AvgIpc) is 2.51. The molecule has 1 aliphatic carbocycles. The Labute approximate surface area is 137 Å². The van der Waals surface area contributed by atoms with Crippen LogP contribution in [0, 0.1) is 5.92 Å². The van der Waals surface area contributed by atoms with Gasteiger partial charge in [0.25, 0.3) is 0 Å². The minimum atomic E-state index is 0.0177. The zero-order valence-corrected chi connectivity index (χ0v) is 15.2. The topological polar surface area (TPSA) is 0 Å². The zero-order chi connectivity index (χ0) is 17.0. The SMILES string of the molecule is CC.CC(C)Cc1ccc(C2=C(F)CCC=C2)cc1.CCC. The molecule has 0 heterocycles. The molecule has 2 rings (SSSR count). The summed E-state index contributed by atoms with van der Waals surface area (Å²) in [5.74, 6) is 0.676. The monoisotopic (exact) mass is 304 g/mol. The van der Waals surface area contributed by atoms with Gasteiger partial charge < -0.3 is 0 Å². The van der Waals surface area contributed by atoms with Crippen LogP contribution in [0.15, 0.2) is 42.2 Å². The van der Waals surface area contributed by atoms with Crippen LogP contribution in [0.2, 0.25) is 0 Å². The Kier molecular flexibility index (Phi) is 11.4. The van der Waals surface area contributed by atoms with Gasteiger partial charge in [-0.15, -0.1) is 0 Å². The molecule has 1 aliphatic rings. The summed E-state index contributed by atoms with van der Waals surface area (Å²) in [5.41, 5.74) is 3.07. The number of allylic oxidation sites excluding steroid dienone is 4. The molecule has 0 bridgehead atoms. The molecule has 1 aromatic rings. The van der Waals surface area contributed by atoms with Crippen LogP contribution in [-0.4, -0.2) is 0 Å². The second-order valence-corrected chi connectivity index (χ2v) is 5.76. The van der Waals surface area contributed by atoms with Crippen LogP contribution in [0.5, 0.6) is 0 Å². The van der Waals surface area contributed by atoms with Crippen molar-refractivity contribution >= 4 is 5.57 Å². The summed E-state index contributed by atoms with van der Waals surface area (Å²) >= 11 is 0. The molecule has 1 heteroatoms. The molecule has 0 atom stereocenters. The van der Waals surface area contributed by atoms with Gasteiger partial charge in [0.1, 0.15) is 5.83 Å². The molecule has 0 amide bonds. The van der Waals surface area contributed by atoms with E-state index in [1.54, 1.807) is 0 Å². The van der Waals surface area contributed by atoms with Crippen molar-refractivity contribution in [3.8, 4) is 0 Å².